The molecule has 0 saturated carbocycles. The molecule has 2 amide bonds. The normalized spacial score (nSPS) is 13.4. The van der Waals surface area contributed by atoms with Gasteiger partial charge >= 0.3 is 6.09 Å². The molecule has 1 aliphatic rings. The lowest BCUT2D eigenvalue weighted by atomic mass is 9.97. The zero-order valence-electron chi connectivity index (χ0n) is 20.0. The van der Waals surface area contributed by atoms with Crippen LogP contribution in [0.1, 0.15) is 22.3 Å². The SMILES string of the molecule is COc1cc2c(cc1OC)CN(C(=O)[C@@H](Cc1ccccc1)NC(=O)OCc1ccccc1)CC2. The monoisotopic (exact) mass is 474 g/mol. The Morgan fingerprint density at radius 1 is 0.886 bits per heavy atom. The van der Waals surface area contributed by atoms with E-state index in [1.165, 1.54) is 0 Å². The van der Waals surface area contributed by atoms with Crippen molar-refractivity contribution in [1.29, 1.82) is 0 Å². The number of alkyl carbamates (subject to hydrolysis) is 1. The maximum Gasteiger partial charge on any atom is 0.408 e. The van der Waals surface area contributed by atoms with Gasteiger partial charge in [0.15, 0.2) is 11.5 Å². The van der Waals surface area contributed by atoms with Crippen molar-refractivity contribution in [3.05, 3.63) is 95.1 Å². The van der Waals surface area contributed by atoms with Crippen molar-refractivity contribution in [1.82, 2.24) is 10.2 Å². The van der Waals surface area contributed by atoms with E-state index in [0.717, 1.165) is 22.3 Å². The zero-order valence-corrected chi connectivity index (χ0v) is 20.0. The van der Waals surface area contributed by atoms with Crippen LogP contribution in [-0.4, -0.2) is 43.7 Å². The summed E-state index contributed by atoms with van der Waals surface area (Å²) in [7, 11) is 3.20. The largest absolute Gasteiger partial charge is 0.493 e. The van der Waals surface area contributed by atoms with E-state index in [1.807, 2.05) is 72.8 Å². The second-order valence-electron chi connectivity index (χ2n) is 8.43. The summed E-state index contributed by atoms with van der Waals surface area (Å²) in [5, 5.41) is 2.80. The van der Waals surface area contributed by atoms with Gasteiger partial charge in [0.1, 0.15) is 12.6 Å². The summed E-state index contributed by atoms with van der Waals surface area (Å²) in [5.74, 6) is 1.16. The van der Waals surface area contributed by atoms with Crippen LogP contribution in [0.3, 0.4) is 0 Å². The van der Waals surface area contributed by atoms with Gasteiger partial charge in [-0.25, -0.2) is 4.79 Å². The number of benzene rings is 3. The summed E-state index contributed by atoms with van der Waals surface area (Å²) >= 11 is 0. The third-order valence-electron chi connectivity index (χ3n) is 6.12. The first-order valence-electron chi connectivity index (χ1n) is 11.6. The lowest BCUT2D eigenvalue weighted by molar-refractivity contribution is -0.134. The molecule has 1 N–H and O–H groups in total. The number of fused-ring (bicyclic) bond motifs is 1. The molecule has 1 atom stereocenters. The first-order chi connectivity index (χ1) is 17.1. The molecular formula is C28H30N2O5. The Morgan fingerprint density at radius 3 is 2.11 bits per heavy atom. The fourth-order valence-corrected chi connectivity index (χ4v) is 4.25. The highest BCUT2D eigenvalue weighted by Gasteiger charge is 2.30. The Labute approximate surface area is 205 Å². The minimum Gasteiger partial charge on any atom is -0.493 e. The van der Waals surface area contributed by atoms with Crippen LogP contribution in [0.4, 0.5) is 4.79 Å². The highest BCUT2D eigenvalue weighted by molar-refractivity contribution is 5.86. The van der Waals surface area contributed by atoms with E-state index in [-0.39, 0.29) is 12.5 Å². The number of ether oxygens (including phenoxy) is 3. The molecule has 0 fully saturated rings. The second-order valence-corrected chi connectivity index (χ2v) is 8.43. The molecule has 0 aromatic heterocycles. The van der Waals surface area contributed by atoms with Crippen molar-refractivity contribution >= 4 is 12.0 Å². The van der Waals surface area contributed by atoms with E-state index < -0.39 is 12.1 Å². The number of carbonyl (C=O) groups excluding carboxylic acids is 2. The number of hydrogen-bond acceptors (Lipinski definition) is 5. The van der Waals surface area contributed by atoms with Gasteiger partial charge in [0.05, 0.1) is 14.2 Å². The van der Waals surface area contributed by atoms with E-state index in [4.69, 9.17) is 14.2 Å². The smallest absolute Gasteiger partial charge is 0.408 e. The fourth-order valence-electron chi connectivity index (χ4n) is 4.25. The van der Waals surface area contributed by atoms with E-state index >= 15 is 0 Å². The van der Waals surface area contributed by atoms with E-state index in [9.17, 15) is 9.59 Å². The van der Waals surface area contributed by atoms with Crippen molar-refractivity contribution in [3.8, 4) is 11.5 Å². The summed E-state index contributed by atoms with van der Waals surface area (Å²) in [4.78, 5) is 28.0. The molecular weight excluding hydrogens is 444 g/mol. The molecule has 4 rings (SSSR count). The van der Waals surface area contributed by atoms with Gasteiger partial charge in [-0.15, -0.1) is 0 Å². The first kappa shape index (κ1) is 24.1. The van der Waals surface area contributed by atoms with E-state index in [2.05, 4.69) is 5.32 Å². The van der Waals surface area contributed by atoms with Gasteiger partial charge in [0.2, 0.25) is 5.91 Å². The average Bonchev–Trinajstić information content (AvgIpc) is 2.91. The summed E-state index contributed by atoms with van der Waals surface area (Å²) in [6.07, 6.45) is 0.444. The van der Waals surface area contributed by atoms with Crippen LogP contribution in [-0.2, 0) is 35.5 Å². The third-order valence-corrected chi connectivity index (χ3v) is 6.12. The molecule has 0 saturated heterocycles. The minimum atomic E-state index is -0.748. The van der Waals surface area contributed by atoms with E-state index in [1.54, 1.807) is 19.1 Å². The summed E-state index contributed by atoms with van der Waals surface area (Å²) in [6.45, 7) is 1.12. The molecule has 0 spiro atoms. The molecule has 0 bridgehead atoms. The predicted octanol–water partition coefficient (Wildman–Crippen LogP) is 4.13. The highest BCUT2D eigenvalue weighted by Crippen LogP contribution is 2.33. The maximum absolute atomic E-state index is 13.6. The Kier molecular flexibility index (Phi) is 7.88. The summed E-state index contributed by atoms with van der Waals surface area (Å²) in [6, 6.07) is 22.2. The minimum absolute atomic E-state index is 0.137. The van der Waals surface area contributed by atoms with Crippen molar-refractivity contribution in [3.63, 3.8) is 0 Å². The van der Waals surface area contributed by atoms with Crippen LogP contribution in [0, 0.1) is 0 Å². The molecule has 0 aliphatic carbocycles. The molecule has 1 heterocycles. The van der Waals surface area contributed by atoms with Crippen molar-refractivity contribution in [2.45, 2.75) is 32.0 Å². The lowest BCUT2D eigenvalue weighted by Gasteiger charge is -2.32. The van der Waals surface area contributed by atoms with Crippen LogP contribution in [0.15, 0.2) is 72.8 Å². The lowest BCUT2D eigenvalue weighted by Crippen LogP contribution is -2.51. The van der Waals surface area contributed by atoms with Crippen molar-refractivity contribution < 1.29 is 23.8 Å². The standard InChI is InChI=1S/C28H30N2O5/c1-33-25-16-22-13-14-30(18-23(22)17-26(25)34-2)27(31)24(15-20-9-5-3-6-10-20)29-28(32)35-19-21-11-7-4-8-12-21/h3-12,16-17,24H,13-15,18-19H2,1-2H3,(H,29,32)/t24-/m1/s1. The van der Waals surface area contributed by atoms with Crippen molar-refractivity contribution in [2.24, 2.45) is 0 Å². The molecule has 0 unspecified atom stereocenters. The number of hydrogen-bond donors (Lipinski definition) is 1. The maximum atomic E-state index is 13.6. The topological polar surface area (TPSA) is 77.1 Å². The zero-order chi connectivity index (χ0) is 24.6. The van der Waals surface area contributed by atoms with Crippen LogP contribution in [0.2, 0.25) is 0 Å². The Balaban J connectivity index is 1.48. The number of methoxy groups -OCH3 is 2. The van der Waals surface area contributed by atoms with Crippen LogP contribution in [0.5, 0.6) is 11.5 Å². The van der Waals surface area contributed by atoms with Gasteiger partial charge < -0.3 is 24.4 Å². The second kappa shape index (κ2) is 11.4. The van der Waals surface area contributed by atoms with Crippen LogP contribution >= 0.6 is 0 Å². The predicted molar refractivity (Wildman–Crippen MR) is 132 cm³/mol. The number of nitrogens with zero attached hydrogens (tertiary/aromatic N) is 1. The molecule has 7 heteroatoms. The first-order valence-corrected chi connectivity index (χ1v) is 11.6. The molecule has 3 aromatic rings. The average molecular weight is 475 g/mol. The van der Waals surface area contributed by atoms with Gasteiger partial charge in [0.25, 0.3) is 0 Å². The van der Waals surface area contributed by atoms with Crippen LogP contribution < -0.4 is 14.8 Å². The van der Waals surface area contributed by atoms with Crippen molar-refractivity contribution in [2.75, 3.05) is 20.8 Å². The quantitative estimate of drug-likeness (QED) is 0.531. The van der Waals surface area contributed by atoms with Gasteiger partial charge in [0, 0.05) is 19.5 Å². The summed E-state index contributed by atoms with van der Waals surface area (Å²) in [5.41, 5.74) is 3.97. The highest BCUT2D eigenvalue weighted by atomic mass is 16.5. The number of nitrogens with one attached hydrogen (secondary N) is 1. The Hall–Kier alpha value is -4.00. The number of amides is 2. The number of rotatable bonds is 8. The molecule has 3 aromatic carbocycles. The molecule has 35 heavy (non-hydrogen) atoms. The number of carbonyl (C=O) groups is 2. The molecule has 1 aliphatic heterocycles. The molecule has 0 radical (unpaired) electrons. The Bertz CT molecular complexity index is 1150. The summed E-state index contributed by atoms with van der Waals surface area (Å²) < 4.78 is 16.2. The van der Waals surface area contributed by atoms with Gasteiger partial charge in [-0.05, 0) is 40.8 Å². The van der Waals surface area contributed by atoms with E-state index in [0.29, 0.717) is 37.4 Å². The van der Waals surface area contributed by atoms with Gasteiger partial charge in [-0.1, -0.05) is 60.7 Å². The van der Waals surface area contributed by atoms with Crippen LogP contribution in [0.25, 0.3) is 0 Å². The van der Waals surface area contributed by atoms with Gasteiger partial charge in [-0.2, -0.15) is 0 Å². The third kappa shape index (κ3) is 6.12. The molecule has 7 nitrogen and oxygen atoms in total. The molecule has 182 valence electrons. The fraction of sp³-hybridized carbons (Fsp3) is 0.286. The Morgan fingerprint density at radius 2 is 1.49 bits per heavy atom. The van der Waals surface area contributed by atoms with Gasteiger partial charge in [-0.3, -0.25) is 4.79 Å².